The van der Waals surface area contributed by atoms with Crippen LogP contribution >= 0.6 is 0 Å². The molecule has 4 N–H and O–H groups in total. The quantitative estimate of drug-likeness (QED) is 0.223. The highest BCUT2D eigenvalue weighted by molar-refractivity contribution is 6.00. The summed E-state index contributed by atoms with van der Waals surface area (Å²) in [5.74, 6) is 3.64. The zero-order valence-corrected chi connectivity index (χ0v) is 9.32. The number of carbonyl (C=O) groups is 3. The number of amides is 3. The highest BCUT2D eigenvalue weighted by atomic mass is 16.2. The van der Waals surface area contributed by atoms with E-state index in [2.05, 4.69) is 5.32 Å². The van der Waals surface area contributed by atoms with Gasteiger partial charge in [-0.05, 0) is 6.92 Å². The second kappa shape index (κ2) is 5.04. The van der Waals surface area contributed by atoms with Crippen molar-refractivity contribution in [2.24, 2.45) is 11.8 Å². The van der Waals surface area contributed by atoms with Gasteiger partial charge in [-0.15, -0.1) is 0 Å². The molecule has 1 rings (SSSR count). The fourth-order valence-corrected chi connectivity index (χ4v) is 1.57. The summed E-state index contributed by atoms with van der Waals surface area (Å²) in [7, 11) is 0. The molecule has 2 atom stereocenters. The van der Waals surface area contributed by atoms with Gasteiger partial charge in [0.2, 0.25) is 17.7 Å². The molecule has 0 aromatic heterocycles. The third-order valence-electron chi connectivity index (χ3n) is 2.63. The molecule has 0 bridgehead atoms. The highest BCUT2D eigenvalue weighted by Crippen LogP contribution is 2.08. The number of rotatable bonds is 3. The molecule has 0 aliphatic carbocycles. The monoisotopic (exact) mass is 228 g/mol. The van der Waals surface area contributed by atoms with Gasteiger partial charge in [-0.3, -0.25) is 30.0 Å². The molecule has 0 aromatic carbocycles. The molecule has 16 heavy (non-hydrogen) atoms. The summed E-state index contributed by atoms with van der Waals surface area (Å²) in [6, 6.07) is -0.411. The van der Waals surface area contributed by atoms with Crippen LogP contribution in [-0.4, -0.2) is 41.8 Å². The largest absolute Gasteiger partial charge is 0.294 e. The first kappa shape index (κ1) is 12.6. The van der Waals surface area contributed by atoms with Gasteiger partial charge >= 0.3 is 0 Å². The second-order valence-corrected chi connectivity index (χ2v) is 3.93. The Morgan fingerprint density at radius 1 is 1.69 bits per heavy atom. The maximum absolute atomic E-state index is 11.3. The SMILES string of the molecule is CC(CN1CC(=O)NC(=O)C1C)C(=O)NN. The molecular weight excluding hydrogens is 212 g/mol. The minimum Gasteiger partial charge on any atom is -0.294 e. The molecule has 7 nitrogen and oxygen atoms in total. The molecule has 1 heterocycles. The Bertz CT molecular complexity index is 318. The van der Waals surface area contributed by atoms with E-state index in [1.165, 1.54) is 0 Å². The van der Waals surface area contributed by atoms with Crippen molar-refractivity contribution in [3.63, 3.8) is 0 Å². The molecule has 1 fully saturated rings. The van der Waals surface area contributed by atoms with Crippen molar-refractivity contribution in [1.29, 1.82) is 0 Å². The molecule has 2 unspecified atom stereocenters. The van der Waals surface area contributed by atoms with Crippen molar-refractivity contribution in [1.82, 2.24) is 15.6 Å². The van der Waals surface area contributed by atoms with E-state index in [0.717, 1.165) is 0 Å². The molecule has 1 aliphatic rings. The Morgan fingerprint density at radius 3 is 2.88 bits per heavy atom. The van der Waals surface area contributed by atoms with Crippen LogP contribution in [0.5, 0.6) is 0 Å². The summed E-state index contributed by atoms with van der Waals surface area (Å²) in [5.41, 5.74) is 2.04. The lowest BCUT2D eigenvalue weighted by Gasteiger charge is -2.32. The van der Waals surface area contributed by atoms with Gasteiger partial charge in [-0.2, -0.15) is 0 Å². The molecule has 7 heteroatoms. The van der Waals surface area contributed by atoms with Gasteiger partial charge < -0.3 is 0 Å². The summed E-state index contributed by atoms with van der Waals surface area (Å²) < 4.78 is 0. The van der Waals surface area contributed by atoms with E-state index >= 15 is 0 Å². The standard InChI is InChI=1S/C9H16N4O3/c1-5(8(15)12-10)3-13-4-7(14)11-9(16)6(13)2/h5-6H,3-4,10H2,1-2H3,(H,12,15)(H,11,14,16). The van der Waals surface area contributed by atoms with E-state index in [1.807, 2.05) is 5.43 Å². The number of piperazine rings is 1. The Balaban J connectivity index is 2.61. The third kappa shape index (κ3) is 2.77. The van der Waals surface area contributed by atoms with Gasteiger partial charge in [0.1, 0.15) is 0 Å². The van der Waals surface area contributed by atoms with Crippen LogP contribution in [0.4, 0.5) is 0 Å². The lowest BCUT2D eigenvalue weighted by atomic mass is 10.1. The molecule has 0 radical (unpaired) electrons. The minimum atomic E-state index is -0.411. The third-order valence-corrected chi connectivity index (χ3v) is 2.63. The molecule has 0 spiro atoms. The molecule has 0 aromatic rings. The number of hydrazine groups is 1. The van der Waals surface area contributed by atoms with E-state index in [1.54, 1.807) is 18.7 Å². The minimum absolute atomic E-state index is 0.120. The summed E-state index contributed by atoms with van der Waals surface area (Å²) in [6.45, 7) is 3.82. The normalized spacial score (nSPS) is 23.8. The van der Waals surface area contributed by atoms with E-state index < -0.39 is 6.04 Å². The molecule has 1 aliphatic heterocycles. The van der Waals surface area contributed by atoms with Crippen LogP contribution in [0, 0.1) is 5.92 Å². The average Bonchev–Trinajstić information content (AvgIpc) is 2.23. The van der Waals surface area contributed by atoms with Crippen LogP contribution in [0.2, 0.25) is 0 Å². The van der Waals surface area contributed by atoms with Crippen LogP contribution in [0.25, 0.3) is 0 Å². The second-order valence-electron chi connectivity index (χ2n) is 3.93. The first-order valence-corrected chi connectivity index (χ1v) is 5.04. The maximum atomic E-state index is 11.3. The van der Waals surface area contributed by atoms with Crippen molar-refractivity contribution < 1.29 is 14.4 Å². The van der Waals surface area contributed by atoms with Gasteiger partial charge in [0, 0.05) is 12.5 Å². The van der Waals surface area contributed by atoms with Gasteiger partial charge in [0.15, 0.2) is 0 Å². The van der Waals surface area contributed by atoms with E-state index in [-0.39, 0.29) is 30.2 Å². The fraction of sp³-hybridized carbons (Fsp3) is 0.667. The topological polar surface area (TPSA) is 105 Å². The number of hydrogen-bond donors (Lipinski definition) is 3. The molecule has 0 saturated carbocycles. The Morgan fingerprint density at radius 2 is 2.31 bits per heavy atom. The number of nitrogens with zero attached hydrogens (tertiary/aromatic N) is 1. The number of nitrogens with two attached hydrogens (primary N) is 1. The van der Waals surface area contributed by atoms with Gasteiger partial charge in [0.25, 0.3) is 0 Å². The number of nitrogens with one attached hydrogen (secondary N) is 2. The summed E-state index contributed by atoms with van der Waals surface area (Å²) in [6.07, 6.45) is 0. The van der Waals surface area contributed by atoms with E-state index in [0.29, 0.717) is 6.54 Å². The predicted molar refractivity (Wildman–Crippen MR) is 55.7 cm³/mol. The van der Waals surface area contributed by atoms with Crippen molar-refractivity contribution in [3.05, 3.63) is 0 Å². The van der Waals surface area contributed by atoms with Crippen molar-refractivity contribution >= 4 is 17.7 Å². The highest BCUT2D eigenvalue weighted by Gasteiger charge is 2.31. The summed E-state index contributed by atoms with van der Waals surface area (Å²) in [5, 5.41) is 2.23. The maximum Gasteiger partial charge on any atom is 0.243 e. The van der Waals surface area contributed by atoms with E-state index in [4.69, 9.17) is 5.84 Å². The summed E-state index contributed by atoms with van der Waals surface area (Å²) >= 11 is 0. The number of imide groups is 1. The molecule has 3 amide bonds. The van der Waals surface area contributed by atoms with Gasteiger partial charge in [-0.1, -0.05) is 6.92 Å². The molecule has 1 saturated heterocycles. The fourth-order valence-electron chi connectivity index (χ4n) is 1.57. The lowest BCUT2D eigenvalue weighted by molar-refractivity contribution is -0.141. The van der Waals surface area contributed by atoms with Crippen molar-refractivity contribution in [3.8, 4) is 0 Å². The first-order valence-electron chi connectivity index (χ1n) is 5.04. The summed E-state index contributed by atoms with van der Waals surface area (Å²) in [4.78, 5) is 35.3. The van der Waals surface area contributed by atoms with E-state index in [9.17, 15) is 14.4 Å². The van der Waals surface area contributed by atoms with Crippen LogP contribution in [-0.2, 0) is 14.4 Å². The number of hydrogen-bond acceptors (Lipinski definition) is 5. The smallest absolute Gasteiger partial charge is 0.243 e. The number of carbonyl (C=O) groups excluding carboxylic acids is 3. The predicted octanol–water partition coefficient (Wildman–Crippen LogP) is -2.04. The lowest BCUT2D eigenvalue weighted by Crippen LogP contribution is -2.58. The van der Waals surface area contributed by atoms with Gasteiger partial charge in [-0.25, -0.2) is 5.84 Å². The Hall–Kier alpha value is -1.47. The molecule has 90 valence electrons. The zero-order valence-electron chi connectivity index (χ0n) is 9.32. The Labute approximate surface area is 93.3 Å². The van der Waals surface area contributed by atoms with Crippen LogP contribution in [0.15, 0.2) is 0 Å². The van der Waals surface area contributed by atoms with Crippen molar-refractivity contribution in [2.75, 3.05) is 13.1 Å². The van der Waals surface area contributed by atoms with Crippen LogP contribution < -0.4 is 16.6 Å². The van der Waals surface area contributed by atoms with Crippen LogP contribution in [0.1, 0.15) is 13.8 Å². The average molecular weight is 228 g/mol. The van der Waals surface area contributed by atoms with Gasteiger partial charge in [0.05, 0.1) is 12.6 Å². The molecular formula is C9H16N4O3. The van der Waals surface area contributed by atoms with Crippen molar-refractivity contribution in [2.45, 2.75) is 19.9 Å². The van der Waals surface area contributed by atoms with Crippen LogP contribution in [0.3, 0.4) is 0 Å². The zero-order chi connectivity index (χ0) is 12.3. The Kier molecular flexibility index (Phi) is 3.97. The first-order chi connectivity index (χ1) is 7.45.